The highest BCUT2D eigenvalue weighted by Gasteiger charge is 2.23. The van der Waals surface area contributed by atoms with Crippen LogP contribution >= 0.6 is 11.6 Å². The Labute approximate surface area is 145 Å². The van der Waals surface area contributed by atoms with Crippen LogP contribution < -0.4 is 15.4 Å². The Bertz CT molecular complexity index is 716. The SMILES string of the molecule is COc1ccc(Cl)cc1Nc1ccc(NC(=O)C2CCCO2)cn1. The number of benzene rings is 1. The van der Waals surface area contributed by atoms with Crippen molar-refractivity contribution in [2.45, 2.75) is 18.9 Å². The monoisotopic (exact) mass is 347 g/mol. The molecule has 1 saturated heterocycles. The number of methoxy groups -OCH3 is 1. The summed E-state index contributed by atoms with van der Waals surface area (Å²) in [4.78, 5) is 16.3. The summed E-state index contributed by atoms with van der Waals surface area (Å²) in [6.07, 6.45) is 2.90. The van der Waals surface area contributed by atoms with E-state index in [4.69, 9.17) is 21.1 Å². The molecule has 6 nitrogen and oxygen atoms in total. The Morgan fingerprint density at radius 1 is 1.38 bits per heavy atom. The molecule has 0 radical (unpaired) electrons. The Balaban J connectivity index is 1.66. The first-order chi connectivity index (χ1) is 11.7. The topological polar surface area (TPSA) is 72.5 Å². The average Bonchev–Trinajstić information content (AvgIpc) is 3.11. The predicted molar refractivity (Wildman–Crippen MR) is 93.1 cm³/mol. The maximum atomic E-state index is 12.0. The molecule has 0 saturated carbocycles. The van der Waals surface area contributed by atoms with Crippen molar-refractivity contribution in [3.05, 3.63) is 41.6 Å². The quantitative estimate of drug-likeness (QED) is 0.864. The minimum atomic E-state index is -0.362. The van der Waals surface area contributed by atoms with Gasteiger partial charge in [0.2, 0.25) is 0 Å². The zero-order valence-electron chi connectivity index (χ0n) is 13.2. The molecule has 1 fully saturated rings. The van der Waals surface area contributed by atoms with Crippen molar-refractivity contribution in [2.24, 2.45) is 0 Å². The molecule has 3 rings (SSSR count). The lowest BCUT2D eigenvalue weighted by Gasteiger charge is -2.12. The van der Waals surface area contributed by atoms with E-state index in [2.05, 4.69) is 15.6 Å². The highest BCUT2D eigenvalue weighted by molar-refractivity contribution is 6.31. The van der Waals surface area contributed by atoms with Crippen LogP contribution in [0.1, 0.15) is 12.8 Å². The molecule has 7 heteroatoms. The normalized spacial score (nSPS) is 16.7. The summed E-state index contributed by atoms with van der Waals surface area (Å²) in [7, 11) is 1.59. The maximum absolute atomic E-state index is 12.0. The summed E-state index contributed by atoms with van der Waals surface area (Å²) in [5.41, 5.74) is 1.34. The summed E-state index contributed by atoms with van der Waals surface area (Å²) in [5, 5.41) is 6.54. The number of halogens is 1. The van der Waals surface area contributed by atoms with E-state index in [-0.39, 0.29) is 12.0 Å². The Hall–Kier alpha value is -2.31. The van der Waals surface area contributed by atoms with Gasteiger partial charge < -0.3 is 20.1 Å². The molecular formula is C17H18ClN3O3. The first-order valence-corrected chi connectivity index (χ1v) is 8.02. The summed E-state index contributed by atoms with van der Waals surface area (Å²) in [6, 6.07) is 8.84. The number of hydrogen-bond donors (Lipinski definition) is 2. The number of nitrogens with one attached hydrogen (secondary N) is 2. The minimum Gasteiger partial charge on any atom is -0.495 e. The van der Waals surface area contributed by atoms with E-state index in [0.717, 1.165) is 12.8 Å². The number of hydrogen-bond acceptors (Lipinski definition) is 5. The van der Waals surface area contributed by atoms with Gasteiger partial charge in [-0.3, -0.25) is 4.79 Å². The van der Waals surface area contributed by atoms with Crippen LogP contribution in [-0.4, -0.2) is 30.7 Å². The van der Waals surface area contributed by atoms with Crippen LogP contribution in [0.2, 0.25) is 5.02 Å². The molecule has 1 aromatic carbocycles. The van der Waals surface area contributed by atoms with Crippen LogP contribution in [0, 0.1) is 0 Å². The highest BCUT2D eigenvalue weighted by Crippen LogP contribution is 2.30. The van der Waals surface area contributed by atoms with Crippen LogP contribution in [0.3, 0.4) is 0 Å². The molecule has 2 heterocycles. The number of pyridine rings is 1. The van der Waals surface area contributed by atoms with Crippen LogP contribution in [0.5, 0.6) is 5.75 Å². The van der Waals surface area contributed by atoms with Gasteiger partial charge in [0.05, 0.1) is 24.7 Å². The lowest BCUT2D eigenvalue weighted by molar-refractivity contribution is -0.124. The molecule has 1 atom stereocenters. The smallest absolute Gasteiger partial charge is 0.253 e. The lowest BCUT2D eigenvalue weighted by Crippen LogP contribution is -2.26. The van der Waals surface area contributed by atoms with Crippen molar-refractivity contribution >= 4 is 34.7 Å². The van der Waals surface area contributed by atoms with Crippen LogP contribution in [0.25, 0.3) is 0 Å². The minimum absolute atomic E-state index is 0.133. The van der Waals surface area contributed by atoms with Gasteiger partial charge in [-0.2, -0.15) is 0 Å². The predicted octanol–water partition coefficient (Wildman–Crippen LogP) is 3.60. The van der Waals surface area contributed by atoms with Crippen molar-refractivity contribution in [1.29, 1.82) is 0 Å². The van der Waals surface area contributed by atoms with Gasteiger partial charge in [0.1, 0.15) is 17.7 Å². The molecule has 1 aliphatic rings. The third-order valence-corrected chi connectivity index (χ3v) is 3.91. The molecule has 126 valence electrons. The second kappa shape index (κ2) is 7.51. The number of carbonyl (C=O) groups excluding carboxylic acids is 1. The molecule has 24 heavy (non-hydrogen) atoms. The number of amides is 1. The van der Waals surface area contributed by atoms with E-state index >= 15 is 0 Å². The van der Waals surface area contributed by atoms with Crippen molar-refractivity contribution < 1.29 is 14.3 Å². The van der Waals surface area contributed by atoms with Crippen molar-refractivity contribution in [3.8, 4) is 5.75 Å². The van der Waals surface area contributed by atoms with E-state index in [1.54, 1.807) is 43.6 Å². The molecular weight excluding hydrogens is 330 g/mol. The summed E-state index contributed by atoms with van der Waals surface area (Å²) in [6.45, 7) is 0.640. The van der Waals surface area contributed by atoms with E-state index < -0.39 is 0 Å². The third kappa shape index (κ3) is 3.96. The number of anilines is 3. The second-order valence-electron chi connectivity index (χ2n) is 5.39. The number of rotatable bonds is 5. The first-order valence-electron chi connectivity index (χ1n) is 7.65. The molecule has 0 bridgehead atoms. The average molecular weight is 348 g/mol. The second-order valence-corrected chi connectivity index (χ2v) is 5.83. The van der Waals surface area contributed by atoms with Gasteiger partial charge in [-0.1, -0.05) is 11.6 Å². The van der Waals surface area contributed by atoms with Gasteiger partial charge in [0.25, 0.3) is 5.91 Å². The van der Waals surface area contributed by atoms with E-state index in [0.29, 0.717) is 34.6 Å². The Morgan fingerprint density at radius 3 is 2.92 bits per heavy atom. The molecule has 1 aliphatic heterocycles. The van der Waals surface area contributed by atoms with E-state index in [1.165, 1.54) is 0 Å². The van der Waals surface area contributed by atoms with Gasteiger partial charge in [-0.05, 0) is 43.2 Å². The number of ether oxygens (including phenoxy) is 2. The first kappa shape index (κ1) is 16.5. The molecule has 1 aromatic heterocycles. The van der Waals surface area contributed by atoms with Gasteiger partial charge in [0.15, 0.2) is 0 Å². The maximum Gasteiger partial charge on any atom is 0.253 e. The fraction of sp³-hybridized carbons (Fsp3) is 0.294. The molecule has 0 spiro atoms. The van der Waals surface area contributed by atoms with E-state index in [1.807, 2.05) is 0 Å². The van der Waals surface area contributed by atoms with Crippen LogP contribution in [-0.2, 0) is 9.53 Å². The van der Waals surface area contributed by atoms with Crippen molar-refractivity contribution in [2.75, 3.05) is 24.4 Å². The molecule has 2 aromatic rings. The Morgan fingerprint density at radius 2 is 2.25 bits per heavy atom. The number of nitrogens with zero attached hydrogens (tertiary/aromatic N) is 1. The van der Waals surface area contributed by atoms with Crippen molar-refractivity contribution in [3.63, 3.8) is 0 Å². The lowest BCUT2D eigenvalue weighted by atomic mass is 10.2. The zero-order chi connectivity index (χ0) is 16.9. The molecule has 1 unspecified atom stereocenters. The number of carbonyl (C=O) groups is 1. The summed E-state index contributed by atoms with van der Waals surface area (Å²) in [5.74, 6) is 1.15. The van der Waals surface area contributed by atoms with Crippen molar-refractivity contribution in [1.82, 2.24) is 4.98 Å². The van der Waals surface area contributed by atoms with Crippen LogP contribution in [0.15, 0.2) is 36.5 Å². The summed E-state index contributed by atoms with van der Waals surface area (Å²) >= 11 is 6.01. The molecule has 0 aliphatic carbocycles. The van der Waals surface area contributed by atoms with E-state index in [9.17, 15) is 4.79 Å². The number of aromatic nitrogens is 1. The fourth-order valence-electron chi connectivity index (χ4n) is 2.46. The zero-order valence-corrected chi connectivity index (χ0v) is 14.0. The standard InChI is InChI=1S/C17H18ClN3O3/c1-23-14-6-4-11(18)9-13(14)21-16-7-5-12(10-19-16)20-17(22)15-3-2-8-24-15/h4-7,9-10,15H,2-3,8H2,1H3,(H,19,21)(H,20,22). The highest BCUT2D eigenvalue weighted by atomic mass is 35.5. The molecule has 1 amide bonds. The molecule has 2 N–H and O–H groups in total. The van der Waals surface area contributed by atoms with Gasteiger partial charge in [-0.25, -0.2) is 4.98 Å². The van der Waals surface area contributed by atoms with Crippen LogP contribution in [0.4, 0.5) is 17.2 Å². The van der Waals surface area contributed by atoms with Gasteiger partial charge in [0, 0.05) is 11.6 Å². The third-order valence-electron chi connectivity index (χ3n) is 3.68. The fourth-order valence-corrected chi connectivity index (χ4v) is 2.64. The summed E-state index contributed by atoms with van der Waals surface area (Å²) < 4.78 is 10.6. The van der Waals surface area contributed by atoms with Gasteiger partial charge >= 0.3 is 0 Å². The largest absolute Gasteiger partial charge is 0.495 e. The Kier molecular flexibility index (Phi) is 5.17. The van der Waals surface area contributed by atoms with Gasteiger partial charge in [-0.15, -0.1) is 0 Å².